The minimum atomic E-state index is -4.40. The zero-order valence-electron chi connectivity index (χ0n) is 48.6. The third-order valence-electron chi connectivity index (χ3n) is 14.0. The van der Waals surface area contributed by atoms with Gasteiger partial charge < -0.3 is 20.1 Å². The van der Waals surface area contributed by atoms with E-state index < -0.39 is 26.5 Å². The molecule has 0 spiro atoms. The number of hydrogen-bond acceptors (Lipinski definition) is 8. The summed E-state index contributed by atoms with van der Waals surface area (Å²) in [6.45, 7) is 3.61. The van der Waals surface area contributed by atoms with E-state index in [0.29, 0.717) is 6.42 Å². The highest BCUT2D eigenvalue weighted by Gasteiger charge is 2.26. The Morgan fingerprint density at radius 3 is 1.11 bits per heavy atom. The number of phosphoric acid groups is 1. The van der Waals surface area contributed by atoms with Crippen LogP contribution in [0.5, 0.6) is 0 Å². The summed E-state index contributed by atoms with van der Waals surface area (Å²) in [5.41, 5.74) is 5.37. The van der Waals surface area contributed by atoms with Gasteiger partial charge >= 0.3 is 19.8 Å². The maximum Gasteiger partial charge on any atom is 0.472 e. The number of ether oxygens (including phenoxy) is 2. The lowest BCUT2D eigenvalue weighted by Gasteiger charge is -2.19. The summed E-state index contributed by atoms with van der Waals surface area (Å²) in [6.07, 6.45) is 75.2. The maximum atomic E-state index is 12.6. The summed E-state index contributed by atoms with van der Waals surface area (Å²) < 4.78 is 32.9. The zero-order valence-corrected chi connectivity index (χ0v) is 49.5. The Kier molecular flexibility index (Phi) is 58.6. The third kappa shape index (κ3) is 59.2. The van der Waals surface area contributed by atoms with E-state index in [1.165, 1.54) is 225 Å². The molecule has 0 aliphatic rings. The Morgan fingerprint density at radius 2 is 0.743 bits per heavy atom. The largest absolute Gasteiger partial charge is 0.472 e. The second kappa shape index (κ2) is 60.2. The first-order chi connectivity index (χ1) is 36.3. The van der Waals surface area contributed by atoms with Crippen LogP contribution in [0.1, 0.15) is 316 Å². The summed E-state index contributed by atoms with van der Waals surface area (Å²) in [7, 11) is -4.40. The molecule has 0 saturated carbocycles. The second-order valence-electron chi connectivity index (χ2n) is 21.3. The normalized spacial score (nSPS) is 13.3. The van der Waals surface area contributed by atoms with Gasteiger partial charge in [0, 0.05) is 19.4 Å². The van der Waals surface area contributed by atoms with Gasteiger partial charge in [-0.1, -0.05) is 300 Å². The van der Waals surface area contributed by atoms with E-state index in [2.05, 4.69) is 62.5 Å². The minimum Gasteiger partial charge on any atom is -0.462 e. The van der Waals surface area contributed by atoms with Gasteiger partial charge in [0.05, 0.1) is 13.2 Å². The van der Waals surface area contributed by atoms with Crippen LogP contribution >= 0.6 is 7.82 Å². The van der Waals surface area contributed by atoms with Gasteiger partial charge in [-0.25, -0.2) is 4.57 Å². The molecule has 0 aliphatic heterocycles. The van der Waals surface area contributed by atoms with Gasteiger partial charge in [-0.3, -0.25) is 18.6 Å². The van der Waals surface area contributed by atoms with Gasteiger partial charge in [0.15, 0.2) is 6.10 Å². The third-order valence-corrected chi connectivity index (χ3v) is 15.0. The van der Waals surface area contributed by atoms with Crippen LogP contribution in [0.3, 0.4) is 0 Å². The van der Waals surface area contributed by atoms with E-state index in [0.717, 1.165) is 57.8 Å². The van der Waals surface area contributed by atoms with Crippen molar-refractivity contribution in [3.8, 4) is 0 Å². The summed E-state index contributed by atoms with van der Waals surface area (Å²) in [5, 5.41) is 0. The first-order valence-electron chi connectivity index (χ1n) is 31.6. The number of rotatable bonds is 60. The number of allylic oxidation sites excluding steroid dienone is 8. The van der Waals surface area contributed by atoms with Crippen molar-refractivity contribution < 1.29 is 37.6 Å². The first-order valence-corrected chi connectivity index (χ1v) is 33.1. The van der Waals surface area contributed by atoms with Gasteiger partial charge in [-0.2, -0.15) is 0 Å². The van der Waals surface area contributed by atoms with E-state index in [1.54, 1.807) is 0 Å². The maximum absolute atomic E-state index is 12.6. The van der Waals surface area contributed by atoms with Crippen LogP contribution in [0, 0.1) is 0 Å². The molecule has 0 heterocycles. The minimum absolute atomic E-state index is 0.0463. The number of phosphoric ester groups is 1. The lowest BCUT2D eigenvalue weighted by Crippen LogP contribution is -2.29. The highest BCUT2D eigenvalue weighted by atomic mass is 31.2. The molecule has 2 atom stereocenters. The molecule has 434 valence electrons. The van der Waals surface area contributed by atoms with Crippen LogP contribution in [-0.2, 0) is 32.7 Å². The van der Waals surface area contributed by atoms with Crippen molar-refractivity contribution in [1.29, 1.82) is 0 Å². The lowest BCUT2D eigenvalue weighted by atomic mass is 10.0. The van der Waals surface area contributed by atoms with Crippen molar-refractivity contribution in [2.24, 2.45) is 5.73 Å². The SMILES string of the molecule is CC/C=C\C/C=C\C/C=C\C/C=C\CCCCC(=O)OC(COC(=O)CCCCCCCCCCCCCCCCCCCCCCCCCCCCCCCCCCCCCCCC)COP(=O)(O)OCCN. The average Bonchev–Trinajstić information content (AvgIpc) is 3.39. The molecule has 0 amide bonds. The molecular formula is C64H120NO8P. The smallest absolute Gasteiger partial charge is 0.462 e. The number of unbranched alkanes of at least 4 members (excludes halogenated alkanes) is 39. The van der Waals surface area contributed by atoms with Crippen molar-refractivity contribution in [2.45, 2.75) is 322 Å². The molecule has 0 aliphatic carbocycles. The lowest BCUT2D eigenvalue weighted by molar-refractivity contribution is -0.161. The highest BCUT2D eigenvalue weighted by molar-refractivity contribution is 7.47. The van der Waals surface area contributed by atoms with Crippen LogP contribution < -0.4 is 5.73 Å². The van der Waals surface area contributed by atoms with Crippen molar-refractivity contribution in [3.63, 3.8) is 0 Å². The van der Waals surface area contributed by atoms with Crippen molar-refractivity contribution in [1.82, 2.24) is 0 Å². The summed E-state index contributed by atoms with van der Waals surface area (Å²) in [6, 6.07) is 0. The van der Waals surface area contributed by atoms with Crippen LogP contribution in [0.4, 0.5) is 0 Å². The quantitative estimate of drug-likeness (QED) is 0.0264. The monoisotopic (exact) mass is 1060 g/mol. The number of carbonyl (C=O) groups excluding carboxylic acids is 2. The first kappa shape index (κ1) is 72.0. The van der Waals surface area contributed by atoms with Crippen molar-refractivity contribution in [2.75, 3.05) is 26.4 Å². The van der Waals surface area contributed by atoms with E-state index in [4.69, 9.17) is 24.3 Å². The molecule has 2 unspecified atom stereocenters. The molecule has 0 radical (unpaired) electrons. The fraction of sp³-hybridized carbons (Fsp3) is 0.844. The fourth-order valence-corrected chi connectivity index (χ4v) is 10.1. The van der Waals surface area contributed by atoms with Gasteiger partial charge in [0.25, 0.3) is 0 Å². The van der Waals surface area contributed by atoms with Gasteiger partial charge in [0.1, 0.15) is 6.61 Å². The Hall–Kier alpha value is -2.03. The average molecular weight is 1060 g/mol. The van der Waals surface area contributed by atoms with E-state index in [1.807, 2.05) is 0 Å². The topological polar surface area (TPSA) is 134 Å². The van der Waals surface area contributed by atoms with Gasteiger partial charge in [-0.15, -0.1) is 0 Å². The molecule has 10 heteroatoms. The second-order valence-corrected chi connectivity index (χ2v) is 22.7. The van der Waals surface area contributed by atoms with Crippen LogP contribution in [0.2, 0.25) is 0 Å². The van der Waals surface area contributed by atoms with E-state index in [-0.39, 0.29) is 38.6 Å². The Labute approximate surface area is 457 Å². The molecule has 0 aromatic heterocycles. The number of carbonyl (C=O) groups is 2. The van der Waals surface area contributed by atoms with Crippen molar-refractivity contribution >= 4 is 19.8 Å². The molecule has 0 aromatic carbocycles. The highest BCUT2D eigenvalue weighted by Crippen LogP contribution is 2.43. The predicted octanol–water partition coefficient (Wildman–Crippen LogP) is 20.1. The number of nitrogens with two attached hydrogens (primary N) is 1. The molecule has 0 saturated heterocycles. The predicted molar refractivity (Wildman–Crippen MR) is 317 cm³/mol. The number of hydrogen-bond donors (Lipinski definition) is 2. The zero-order chi connectivity index (χ0) is 53.8. The van der Waals surface area contributed by atoms with Crippen LogP contribution in [0.15, 0.2) is 48.6 Å². The standard InChI is InChI=1S/C64H120NO8P/c1-3-5-7-9-11-13-15-17-19-20-21-22-23-24-25-26-27-28-29-30-31-32-33-34-35-36-37-38-39-40-41-43-44-46-48-50-52-54-56-63(66)70-60-62(61-72-74(68,69)71-59-58-65)73-64(67)57-55-53-51-49-47-45-42-18-16-14-12-10-8-6-4-2/h6,8,12,14,18,42,47,49,62H,3-5,7,9-11,13,15-17,19-41,43-46,48,50-61,65H2,1-2H3,(H,68,69)/b8-6-,14-12-,42-18-,49-47-. The fourth-order valence-electron chi connectivity index (χ4n) is 9.34. The summed E-state index contributed by atoms with van der Waals surface area (Å²) in [4.78, 5) is 35.1. The summed E-state index contributed by atoms with van der Waals surface area (Å²) in [5.74, 6) is -0.866. The Balaban J connectivity index is 3.75. The van der Waals surface area contributed by atoms with Gasteiger partial charge in [0.2, 0.25) is 0 Å². The van der Waals surface area contributed by atoms with Crippen LogP contribution in [-0.4, -0.2) is 49.3 Å². The molecule has 3 N–H and O–H groups in total. The molecule has 0 bridgehead atoms. The summed E-state index contributed by atoms with van der Waals surface area (Å²) >= 11 is 0. The van der Waals surface area contributed by atoms with Crippen molar-refractivity contribution in [3.05, 3.63) is 48.6 Å². The molecule has 0 fully saturated rings. The van der Waals surface area contributed by atoms with E-state index in [9.17, 15) is 19.0 Å². The van der Waals surface area contributed by atoms with E-state index >= 15 is 0 Å². The van der Waals surface area contributed by atoms with Crippen LogP contribution in [0.25, 0.3) is 0 Å². The molecule has 0 aromatic rings. The Morgan fingerprint density at radius 1 is 0.419 bits per heavy atom. The molecule has 74 heavy (non-hydrogen) atoms. The Bertz CT molecular complexity index is 1350. The molecular weight excluding hydrogens is 942 g/mol. The number of esters is 2. The van der Waals surface area contributed by atoms with Gasteiger partial charge in [-0.05, 0) is 51.4 Å². The molecule has 0 rings (SSSR count). The molecule has 9 nitrogen and oxygen atoms in total.